The minimum Gasteiger partial charge on any atom is -0.369 e. The van der Waals surface area contributed by atoms with E-state index in [2.05, 4.69) is 39.2 Å². The second-order valence-corrected chi connectivity index (χ2v) is 9.79. The van der Waals surface area contributed by atoms with Gasteiger partial charge in [-0.05, 0) is 45.7 Å². The summed E-state index contributed by atoms with van der Waals surface area (Å²) in [6.07, 6.45) is 2.00. The fourth-order valence-electron chi connectivity index (χ4n) is 4.73. The smallest absolute Gasteiger partial charge is 0.369 e. The molecule has 1 atom stereocenters. The van der Waals surface area contributed by atoms with Crippen LogP contribution in [0.1, 0.15) is 38.4 Å². The number of pyridine rings is 2. The molecule has 1 saturated heterocycles. The van der Waals surface area contributed by atoms with Gasteiger partial charge in [-0.25, -0.2) is 14.6 Å². The molecule has 0 radical (unpaired) electrons. The van der Waals surface area contributed by atoms with Gasteiger partial charge in [0, 0.05) is 65.8 Å². The van der Waals surface area contributed by atoms with E-state index in [1.165, 1.54) is 12.4 Å². The summed E-state index contributed by atoms with van der Waals surface area (Å²) in [6.45, 7) is 6.36. The van der Waals surface area contributed by atoms with Gasteiger partial charge in [0.25, 0.3) is 0 Å². The molecular weight excluding hydrogens is 483 g/mol. The second kappa shape index (κ2) is 9.66. The highest BCUT2D eigenvalue weighted by Crippen LogP contribution is 2.35. The Morgan fingerprint density at radius 2 is 2.00 bits per heavy atom. The summed E-state index contributed by atoms with van der Waals surface area (Å²) in [5.41, 5.74) is 10.0. The molecule has 0 bridgehead atoms. The summed E-state index contributed by atoms with van der Waals surface area (Å²) in [4.78, 5) is 11.5. The first-order valence-electron chi connectivity index (χ1n) is 12.3. The summed E-state index contributed by atoms with van der Waals surface area (Å²) in [5, 5.41) is 12.8. The van der Waals surface area contributed by atoms with Crippen LogP contribution in [0.25, 0.3) is 22.2 Å². The Labute approximate surface area is 212 Å². The molecule has 5 heterocycles. The van der Waals surface area contributed by atoms with Gasteiger partial charge in [0.2, 0.25) is 0 Å². The monoisotopic (exact) mass is 513 g/mol. The van der Waals surface area contributed by atoms with Crippen molar-refractivity contribution in [2.75, 3.05) is 23.3 Å². The summed E-state index contributed by atoms with van der Waals surface area (Å²) in [5.74, 6) is 1.19. The number of halogens is 3. The van der Waals surface area contributed by atoms with Crippen LogP contribution < -0.4 is 16.0 Å². The first-order valence-corrected chi connectivity index (χ1v) is 12.3. The van der Waals surface area contributed by atoms with E-state index in [-0.39, 0.29) is 12.1 Å². The maximum Gasteiger partial charge on any atom is 0.408 e. The average molecular weight is 514 g/mol. The number of rotatable bonds is 6. The largest absolute Gasteiger partial charge is 0.408 e. The Bertz CT molecular complexity index is 1410. The third-order valence-corrected chi connectivity index (χ3v) is 6.45. The van der Waals surface area contributed by atoms with Gasteiger partial charge in [0.05, 0.1) is 11.9 Å². The van der Waals surface area contributed by atoms with E-state index in [1.54, 1.807) is 6.20 Å². The fourth-order valence-corrected chi connectivity index (χ4v) is 4.73. The third-order valence-electron chi connectivity index (χ3n) is 6.45. The predicted octanol–water partition coefficient (Wildman–Crippen LogP) is 4.81. The molecule has 5 rings (SSSR count). The molecule has 0 amide bonds. The van der Waals surface area contributed by atoms with Crippen molar-refractivity contribution in [1.82, 2.24) is 29.5 Å². The topological polar surface area (TPSA) is 103 Å². The maximum absolute atomic E-state index is 12.9. The van der Waals surface area contributed by atoms with Crippen LogP contribution in [0, 0.1) is 6.92 Å². The molecule has 1 fully saturated rings. The number of alkyl halides is 3. The zero-order valence-corrected chi connectivity index (χ0v) is 21.0. The third kappa shape index (κ3) is 5.38. The van der Waals surface area contributed by atoms with Crippen LogP contribution in [0.15, 0.2) is 36.8 Å². The SMILES string of the molecule is Cc1nn(C(C)C)c2nc(Nc3cc(N4CCC[C@H](N)C4)c(-c4cnn(CC(F)(F)F)c4)cn3)ccc12. The first kappa shape index (κ1) is 25.0. The highest BCUT2D eigenvalue weighted by atomic mass is 19.4. The highest BCUT2D eigenvalue weighted by Gasteiger charge is 2.29. The van der Waals surface area contributed by atoms with Crippen molar-refractivity contribution in [1.29, 1.82) is 0 Å². The van der Waals surface area contributed by atoms with Crippen LogP contribution >= 0.6 is 0 Å². The van der Waals surface area contributed by atoms with Crippen molar-refractivity contribution >= 4 is 28.4 Å². The van der Waals surface area contributed by atoms with Gasteiger partial charge in [-0.1, -0.05) is 0 Å². The van der Waals surface area contributed by atoms with E-state index < -0.39 is 12.7 Å². The van der Waals surface area contributed by atoms with Crippen molar-refractivity contribution in [2.45, 2.75) is 58.4 Å². The molecule has 1 aliphatic rings. The lowest BCUT2D eigenvalue weighted by atomic mass is 10.0. The number of nitrogens with one attached hydrogen (secondary N) is 1. The summed E-state index contributed by atoms with van der Waals surface area (Å²) in [7, 11) is 0. The summed E-state index contributed by atoms with van der Waals surface area (Å²) in [6, 6.07) is 5.94. The number of piperidine rings is 1. The van der Waals surface area contributed by atoms with Gasteiger partial charge < -0.3 is 16.0 Å². The highest BCUT2D eigenvalue weighted by molar-refractivity contribution is 5.82. The van der Waals surface area contributed by atoms with Gasteiger partial charge in [-0.15, -0.1) is 0 Å². The quantitative estimate of drug-likeness (QED) is 0.381. The van der Waals surface area contributed by atoms with Crippen LogP contribution in [0.5, 0.6) is 0 Å². The van der Waals surface area contributed by atoms with Crippen molar-refractivity contribution in [2.24, 2.45) is 5.73 Å². The number of hydrogen-bond acceptors (Lipinski definition) is 7. The molecule has 196 valence electrons. The van der Waals surface area contributed by atoms with Crippen molar-refractivity contribution in [3.63, 3.8) is 0 Å². The van der Waals surface area contributed by atoms with E-state index in [1.807, 2.05) is 29.8 Å². The van der Waals surface area contributed by atoms with Gasteiger partial charge in [-0.2, -0.15) is 23.4 Å². The molecule has 1 aliphatic heterocycles. The molecule has 9 nitrogen and oxygen atoms in total. The molecule has 0 spiro atoms. The Morgan fingerprint density at radius 3 is 2.73 bits per heavy atom. The van der Waals surface area contributed by atoms with Crippen LogP contribution in [-0.4, -0.2) is 54.8 Å². The molecule has 0 unspecified atom stereocenters. The number of hydrogen-bond donors (Lipinski definition) is 2. The second-order valence-electron chi connectivity index (χ2n) is 9.79. The molecule has 12 heteroatoms. The first-order chi connectivity index (χ1) is 17.6. The lowest BCUT2D eigenvalue weighted by Crippen LogP contribution is -2.43. The molecule has 37 heavy (non-hydrogen) atoms. The Kier molecular flexibility index (Phi) is 6.52. The van der Waals surface area contributed by atoms with E-state index in [0.717, 1.165) is 46.5 Å². The number of aromatic nitrogens is 6. The average Bonchev–Trinajstić information content (AvgIpc) is 3.42. The Hall–Kier alpha value is -3.67. The van der Waals surface area contributed by atoms with Crippen LogP contribution in [-0.2, 0) is 6.54 Å². The van der Waals surface area contributed by atoms with Crippen molar-refractivity contribution < 1.29 is 13.2 Å². The lowest BCUT2D eigenvalue weighted by molar-refractivity contribution is -0.142. The van der Waals surface area contributed by atoms with E-state index in [4.69, 9.17) is 10.7 Å². The van der Waals surface area contributed by atoms with E-state index in [0.29, 0.717) is 29.3 Å². The molecule has 4 aromatic rings. The summed E-state index contributed by atoms with van der Waals surface area (Å²) >= 11 is 0. The van der Waals surface area contributed by atoms with E-state index >= 15 is 0 Å². The van der Waals surface area contributed by atoms with Crippen molar-refractivity contribution in [3.05, 3.63) is 42.5 Å². The van der Waals surface area contributed by atoms with Gasteiger partial charge >= 0.3 is 6.18 Å². The maximum atomic E-state index is 12.9. The molecule has 0 aliphatic carbocycles. The zero-order chi connectivity index (χ0) is 26.3. The standard InChI is InChI=1S/C25H30F3N9/c1-15(2)37-24-19(16(3)34-37)6-7-22(33-24)32-23-9-21(35-8-4-5-18(29)13-35)20(11-30-23)17-10-31-36(12-17)14-25(26,27)28/h6-7,9-12,15,18H,4-5,8,13-14,29H2,1-3H3,(H,30,32,33)/t18-/m0/s1. The lowest BCUT2D eigenvalue weighted by Gasteiger charge is -2.34. The number of aryl methyl sites for hydroxylation is 1. The van der Waals surface area contributed by atoms with Crippen LogP contribution in [0.4, 0.5) is 30.5 Å². The van der Waals surface area contributed by atoms with Gasteiger partial charge in [0.1, 0.15) is 18.2 Å². The molecule has 0 saturated carbocycles. The number of anilines is 3. The Morgan fingerprint density at radius 1 is 1.19 bits per heavy atom. The Balaban J connectivity index is 1.50. The molecule has 3 N–H and O–H groups in total. The molecular formula is C25H30F3N9. The molecule has 4 aromatic heterocycles. The fraction of sp³-hybridized carbons (Fsp3) is 0.440. The normalized spacial score (nSPS) is 16.6. The number of nitrogens with zero attached hydrogens (tertiary/aromatic N) is 7. The minimum atomic E-state index is -4.35. The number of nitrogens with two attached hydrogens (primary N) is 1. The van der Waals surface area contributed by atoms with Crippen molar-refractivity contribution in [3.8, 4) is 11.1 Å². The number of fused-ring (bicyclic) bond motifs is 1. The minimum absolute atomic E-state index is 0.0164. The van der Waals surface area contributed by atoms with Gasteiger partial charge in [-0.3, -0.25) is 4.68 Å². The molecule has 0 aromatic carbocycles. The van der Waals surface area contributed by atoms with Gasteiger partial charge in [0.15, 0.2) is 5.65 Å². The predicted molar refractivity (Wildman–Crippen MR) is 137 cm³/mol. The van der Waals surface area contributed by atoms with E-state index in [9.17, 15) is 13.2 Å². The van der Waals surface area contributed by atoms with Crippen LogP contribution in [0.2, 0.25) is 0 Å². The zero-order valence-electron chi connectivity index (χ0n) is 21.0. The van der Waals surface area contributed by atoms with Crippen LogP contribution in [0.3, 0.4) is 0 Å². The summed E-state index contributed by atoms with van der Waals surface area (Å²) < 4.78 is 41.4.